The number of H-pyrrole nitrogens is 2. The Morgan fingerprint density at radius 3 is 2.89 bits per heavy atom. The monoisotopic (exact) mass is 493 g/mol. The Labute approximate surface area is 213 Å². The van der Waals surface area contributed by atoms with Gasteiger partial charge in [-0.25, -0.2) is 15.0 Å². The molecule has 37 heavy (non-hydrogen) atoms. The highest BCUT2D eigenvalue weighted by Gasteiger charge is 2.22. The summed E-state index contributed by atoms with van der Waals surface area (Å²) in [6.07, 6.45) is 15.3. The van der Waals surface area contributed by atoms with Gasteiger partial charge in [0, 0.05) is 41.8 Å². The second-order valence-electron chi connectivity index (χ2n) is 9.27. The Morgan fingerprint density at radius 2 is 2.05 bits per heavy atom. The van der Waals surface area contributed by atoms with Crippen LogP contribution in [0.1, 0.15) is 49.7 Å². The van der Waals surface area contributed by atoms with E-state index < -0.39 is 0 Å². The number of rotatable bonds is 7. The average molecular weight is 494 g/mol. The van der Waals surface area contributed by atoms with Gasteiger partial charge < -0.3 is 14.9 Å². The normalized spacial score (nSPS) is 13.0. The first kappa shape index (κ1) is 22.8. The van der Waals surface area contributed by atoms with Gasteiger partial charge in [-0.2, -0.15) is 5.10 Å². The lowest BCUT2D eigenvalue weighted by atomic mass is 10.1. The van der Waals surface area contributed by atoms with Gasteiger partial charge in [0.25, 0.3) is 0 Å². The molecule has 3 N–H and O–H groups in total. The van der Waals surface area contributed by atoms with Crippen LogP contribution in [0.15, 0.2) is 49.3 Å². The zero-order chi connectivity index (χ0) is 25.4. The van der Waals surface area contributed by atoms with Crippen molar-refractivity contribution in [3.05, 3.63) is 66.4 Å². The third kappa shape index (κ3) is 4.42. The van der Waals surface area contributed by atoms with Crippen LogP contribution in [0.4, 0.5) is 5.69 Å². The molecule has 0 saturated carbocycles. The summed E-state index contributed by atoms with van der Waals surface area (Å²) < 4.78 is 2.02. The van der Waals surface area contributed by atoms with Gasteiger partial charge in [-0.1, -0.05) is 19.4 Å². The maximum absolute atomic E-state index is 12.2. The molecule has 0 atom stereocenters. The number of pyridine rings is 2. The molecule has 5 aromatic rings. The number of imidazole rings is 2. The Bertz CT molecular complexity index is 1640. The zero-order valence-corrected chi connectivity index (χ0v) is 20.7. The van der Waals surface area contributed by atoms with Crippen LogP contribution in [0.3, 0.4) is 0 Å². The molecule has 1 aliphatic rings. The van der Waals surface area contributed by atoms with Gasteiger partial charge in [-0.05, 0) is 38.3 Å². The number of carbonyl (C=O) groups is 1. The maximum atomic E-state index is 12.2. The van der Waals surface area contributed by atoms with E-state index in [1.54, 1.807) is 18.6 Å². The van der Waals surface area contributed by atoms with Crippen molar-refractivity contribution in [3.63, 3.8) is 0 Å². The third-order valence-corrected chi connectivity index (χ3v) is 6.50. The highest BCUT2D eigenvalue weighted by Crippen LogP contribution is 2.32. The summed E-state index contributed by atoms with van der Waals surface area (Å²) in [6.45, 7) is 4.04. The summed E-state index contributed by atoms with van der Waals surface area (Å²) in [4.78, 5) is 33.9. The van der Waals surface area contributed by atoms with Crippen molar-refractivity contribution in [2.24, 2.45) is 0 Å². The molecule has 1 amide bonds. The topological polar surface area (TPSA) is 130 Å². The highest BCUT2D eigenvalue weighted by atomic mass is 16.1. The molecular weight excluding hydrogens is 466 g/mol. The van der Waals surface area contributed by atoms with Crippen molar-refractivity contribution in [2.75, 3.05) is 5.32 Å². The van der Waals surface area contributed by atoms with Crippen LogP contribution in [-0.4, -0.2) is 45.6 Å². The number of hydrogen-bond acceptors (Lipinski definition) is 6. The fraction of sp³-hybridized carbons (Fsp3) is 0.259. The van der Waals surface area contributed by atoms with Crippen LogP contribution in [0.2, 0.25) is 0 Å². The Morgan fingerprint density at radius 1 is 1.16 bits per heavy atom. The zero-order valence-electron chi connectivity index (χ0n) is 20.7. The standard InChI is InChI=1S/C27H27N9O/c1-3-4-8-23(37)31-19-9-17(11-28-13-19)18-10-20-24(34-35-26(20)29-12-18)27-32-21-6-5-7-22(25(21)33-27)36-14-16(2)30-15-36/h7,9-15H,3-6,8H2,1-2H3,(H,31,37)(H,32,33)(H,29,34,35). The predicted molar refractivity (Wildman–Crippen MR) is 142 cm³/mol. The lowest BCUT2D eigenvalue weighted by Gasteiger charge is -2.12. The summed E-state index contributed by atoms with van der Waals surface area (Å²) >= 11 is 0. The number of fused-ring (bicyclic) bond motifs is 2. The first-order chi connectivity index (χ1) is 18.1. The van der Waals surface area contributed by atoms with E-state index in [0.717, 1.165) is 70.7 Å². The van der Waals surface area contributed by atoms with Crippen LogP contribution in [0.5, 0.6) is 0 Å². The van der Waals surface area contributed by atoms with Gasteiger partial charge in [0.15, 0.2) is 11.5 Å². The molecule has 0 aromatic carbocycles. The second kappa shape index (κ2) is 9.45. The molecule has 10 nitrogen and oxygen atoms in total. The van der Waals surface area contributed by atoms with Gasteiger partial charge in [-0.3, -0.25) is 14.9 Å². The lowest BCUT2D eigenvalue weighted by molar-refractivity contribution is -0.116. The first-order valence-electron chi connectivity index (χ1n) is 12.5. The van der Waals surface area contributed by atoms with E-state index in [0.29, 0.717) is 23.6 Å². The highest BCUT2D eigenvalue weighted by molar-refractivity contribution is 5.93. The average Bonchev–Trinajstić information content (AvgIpc) is 3.64. The Kier molecular flexibility index (Phi) is 5.84. The van der Waals surface area contributed by atoms with Crippen molar-refractivity contribution < 1.29 is 4.79 Å². The molecule has 0 bridgehead atoms. The van der Waals surface area contributed by atoms with Crippen LogP contribution < -0.4 is 5.32 Å². The number of hydrogen-bond donors (Lipinski definition) is 3. The van der Waals surface area contributed by atoms with Crippen molar-refractivity contribution in [1.82, 2.24) is 39.7 Å². The van der Waals surface area contributed by atoms with Crippen molar-refractivity contribution in [2.45, 2.75) is 46.0 Å². The summed E-state index contributed by atoms with van der Waals surface area (Å²) in [5.41, 5.74) is 7.76. The van der Waals surface area contributed by atoms with Crippen molar-refractivity contribution in [1.29, 1.82) is 0 Å². The predicted octanol–water partition coefficient (Wildman–Crippen LogP) is 4.88. The maximum Gasteiger partial charge on any atom is 0.224 e. The fourth-order valence-electron chi connectivity index (χ4n) is 4.62. The van der Waals surface area contributed by atoms with Crippen LogP contribution >= 0.6 is 0 Å². The molecule has 0 unspecified atom stereocenters. The molecule has 10 heteroatoms. The number of aryl methyl sites for hydroxylation is 2. The third-order valence-electron chi connectivity index (χ3n) is 6.50. The number of unbranched alkanes of at least 4 members (excludes halogenated alkanes) is 1. The molecule has 0 aliphatic heterocycles. The number of aromatic amines is 2. The number of nitrogens with one attached hydrogen (secondary N) is 3. The van der Waals surface area contributed by atoms with E-state index in [1.165, 1.54) is 0 Å². The largest absolute Gasteiger partial charge is 0.340 e. The summed E-state index contributed by atoms with van der Waals surface area (Å²) in [6, 6.07) is 3.94. The number of allylic oxidation sites excluding steroid dienone is 1. The minimum atomic E-state index is -0.00689. The van der Waals surface area contributed by atoms with Gasteiger partial charge in [0.05, 0.1) is 35.0 Å². The number of nitrogens with zero attached hydrogens (tertiary/aromatic N) is 6. The molecular formula is C27H27N9O. The van der Waals surface area contributed by atoms with Gasteiger partial charge >= 0.3 is 0 Å². The quantitative estimate of drug-likeness (QED) is 0.296. The van der Waals surface area contributed by atoms with E-state index >= 15 is 0 Å². The SMILES string of the molecule is CCCCC(=O)Nc1cncc(-c2cnc3n[nH]c(-c4nc5c([nH]4)CCC=C5n4cnc(C)c4)c3c2)c1. The van der Waals surface area contributed by atoms with Gasteiger partial charge in [0.1, 0.15) is 11.4 Å². The summed E-state index contributed by atoms with van der Waals surface area (Å²) in [5, 5.41) is 11.3. The minimum Gasteiger partial charge on any atom is -0.340 e. The minimum absolute atomic E-state index is 0.00689. The van der Waals surface area contributed by atoms with E-state index in [4.69, 9.17) is 4.98 Å². The summed E-state index contributed by atoms with van der Waals surface area (Å²) in [7, 11) is 0. The molecule has 5 heterocycles. The van der Waals surface area contributed by atoms with E-state index in [2.05, 4.69) is 48.4 Å². The Balaban J connectivity index is 1.33. The second-order valence-corrected chi connectivity index (χ2v) is 9.27. The van der Waals surface area contributed by atoms with E-state index in [9.17, 15) is 4.79 Å². The molecule has 0 saturated heterocycles. The molecule has 186 valence electrons. The number of anilines is 1. The molecule has 0 radical (unpaired) electrons. The lowest BCUT2D eigenvalue weighted by Crippen LogP contribution is -2.11. The molecule has 1 aliphatic carbocycles. The van der Waals surface area contributed by atoms with Crippen LogP contribution in [0.25, 0.3) is 39.4 Å². The number of carbonyl (C=O) groups excluding carboxylic acids is 1. The molecule has 0 fully saturated rings. The smallest absolute Gasteiger partial charge is 0.224 e. The molecule has 0 spiro atoms. The number of amides is 1. The van der Waals surface area contributed by atoms with Crippen LogP contribution in [-0.2, 0) is 11.2 Å². The summed E-state index contributed by atoms with van der Waals surface area (Å²) in [5.74, 6) is 0.707. The van der Waals surface area contributed by atoms with Crippen molar-refractivity contribution in [3.8, 4) is 22.6 Å². The van der Waals surface area contributed by atoms with E-state index in [1.807, 2.05) is 36.1 Å². The van der Waals surface area contributed by atoms with Crippen LogP contribution in [0, 0.1) is 6.92 Å². The fourth-order valence-corrected chi connectivity index (χ4v) is 4.62. The molecule has 6 rings (SSSR count). The Hall–Kier alpha value is -4.60. The van der Waals surface area contributed by atoms with Gasteiger partial charge in [-0.15, -0.1) is 0 Å². The van der Waals surface area contributed by atoms with Gasteiger partial charge in [0.2, 0.25) is 5.91 Å². The molecule has 5 aromatic heterocycles. The number of aromatic nitrogens is 8. The van der Waals surface area contributed by atoms with E-state index in [-0.39, 0.29) is 5.91 Å². The first-order valence-corrected chi connectivity index (χ1v) is 12.5. The van der Waals surface area contributed by atoms with Crippen molar-refractivity contribution >= 4 is 28.3 Å².